The molecule has 0 atom stereocenters. The van der Waals surface area contributed by atoms with Gasteiger partial charge < -0.3 is 4.57 Å². The van der Waals surface area contributed by atoms with Gasteiger partial charge in [0.15, 0.2) is 5.84 Å². The number of amidine groups is 1. The molecule has 4 rings (SSSR count). The van der Waals surface area contributed by atoms with Gasteiger partial charge in [0.25, 0.3) is 0 Å². The number of rotatable bonds is 3. The molecule has 0 amide bonds. The van der Waals surface area contributed by atoms with E-state index in [1.807, 2.05) is 54.6 Å². The maximum absolute atomic E-state index is 8.97. The highest BCUT2D eigenvalue weighted by atomic mass is 15.0. The van der Waals surface area contributed by atoms with Gasteiger partial charge in [-0.05, 0) is 42.0 Å². The largest absolute Gasteiger partial charge is 0.336 e. The number of hydrogen-bond acceptors (Lipinski definition) is 3. The van der Waals surface area contributed by atoms with Crippen molar-refractivity contribution < 1.29 is 0 Å². The average molecular weight is 337 g/mol. The van der Waals surface area contributed by atoms with Gasteiger partial charge in [-0.25, -0.2) is 5.53 Å². The fourth-order valence-electron chi connectivity index (χ4n) is 3.30. The Morgan fingerprint density at radius 2 is 1.69 bits per heavy atom. The van der Waals surface area contributed by atoms with E-state index in [1.165, 1.54) is 0 Å². The number of nitrogens with one attached hydrogen (secondary N) is 2. The Bertz CT molecular complexity index is 1190. The highest BCUT2D eigenvalue weighted by molar-refractivity contribution is 6.11. The van der Waals surface area contributed by atoms with Gasteiger partial charge >= 0.3 is 0 Å². The van der Waals surface area contributed by atoms with Gasteiger partial charge in [0.05, 0.1) is 11.6 Å². The smallest absolute Gasteiger partial charge is 0.173 e. The van der Waals surface area contributed by atoms with Gasteiger partial charge in [-0.2, -0.15) is 5.26 Å². The first-order valence-corrected chi connectivity index (χ1v) is 8.17. The summed E-state index contributed by atoms with van der Waals surface area (Å²) in [6, 6.07) is 23.7. The summed E-state index contributed by atoms with van der Waals surface area (Å²) < 4.78 is 2.23. The third-order valence-electron chi connectivity index (χ3n) is 4.58. The normalized spacial score (nSPS) is 10.7. The number of aromatic nitrogens is 1. The van der Waals surface area contributed by atoms with Crippen molar-refractivity contribution in [2.24, 2.45) is 5.11 Å². The van der Waals surface area contributed by atoms with E-state index in [0.29, 0.717) is 17.7 Å². The number of nitrogens with zero attached hydrogens (tertiary/aromatic N) is 3. The van der Waals surface area contributed by atoms with E-state index >= 15 is 0 Å². The Labute approximate surface area is 150 Å². The summed E-state index contributed by atoms with van der Waals surface area (Å²) in [6.45, 7) is 0.690. The summed E-state index contributed by atoms with van der Waals surface area (Å²) in [4.78, 5) is 0. The minimum Gasteiger partial charge on any atom is -0.336 e. The lowest BCUT2D eigenvalue weighted by Gasteiger charge is -2.08. The molecule has 124 valence electrons. The molecule has 0 bridgehead atoms. The van der Waals surface area contributed by atoms with Crippen LogP contribution in [-0.4, -0.2) is 10.4 Å². The number of nitriles is 1. The lowest BCUT2D eigenvalue weighted by Crippen LogP contribution is -2.00. The number of fused-ring (bicyclic) bond motifs is 3. The summed E-state index contributed by atoms with van der Waals surface area (Å²) >= 11 is 0. The maximum Gasteiger partial charge on any atom is 0.173 e. The molecule has 1 aromatic heterocycles. The zero-order valence-corrected chi connectivity index (χ0v) is 13.9. The van der Waals surface area contributed by atoms with Crippen LogP contribution in [0.1, 0.15) is 16.7 Å². The van der Waals surface area contributed by atoms with E-state index < -0.39 is 0 Å². The van der Waals surface area contributed by atoms with Crippen LogP contribution in [0.3, 0.4) is 0 Å². The van der Waals surface area contributed by atoms with Gasteiger partial charge in [0.2, 0.25) is 0 Å². The van der Waals surface area contributed by atoms with Crippen molar-refractivity contribution in [1.82, 2.24) is 4.57 Å². The van der Waals surface area contributed by atoms with Crippen LogP contribution in [0.15, 0.2) is 71.8 Å². The van der Waals surface area contributed by atoms with E-state index in [2.05, 4.69) is 27.9 Å². The molecule has 5 heteroatoms. The van der Waals surface area contributed by atoms with Crippen molar-refractivity contribution in [3.63, 3.8) is 0 Å². The lowest BCUT2D eigenvalue weighted by molar-refractivity contribution is 0.869. The molecule has 0 aliphatic heterocycles. The molecule has 26 heavy (non-hydrogen) atoms. The Morgan fingerprint density at radius 1 is 0.962 bits per heavy atom. The van der Waals surface area contributed by atoms with Gasteiger partial charge in [0, 0.05) is 33.9 Å². The molecule has 0 saturated heterocycles. The van der Waals surface area contributed by atoms with Gasteiger partial charge in [0.1, 0.15) is 0 Å². The number of hydrogen-bond donors (Lipinski definition) is 2. The van der Waals surface area contributed by atoms with Crippen LogP contribution < -0.4 is 0 Å². The van der Waals surface area contributed by atoms with Crippen molar-refractivity contribution in [3.8, 4) is 6.07 Å². The molecule has 4 aromatic rings. The molecule has 0 radical (unpaired) electrons. The van der Waals surface area contributed by atoms with E-state index in [0.717, 1.165) is 27.4 Å². The second-order valence-corrected chi connectivity index (χ2v) is 6.10. The summed E-state index contributed by atoms with van der Waals surface area (Å²) in [5.74, 6) is -0.0455. The van der Waals surface area contributed by atoms with Gasteiger partial charge in [-0.1, -0.05) is 30.3 Å². The lowest BCUT2D eigenvalue weighted by atomic mass is 10.1. The van der Waals surface area contributed by atoms with Crippen LogP contribution in [0.5, 0.6) is 0 Å². The highest BCUT2D eigenvalue weighted by Crippen LogP contribution is 2.30. The number of benzene rings is 3. The van der Waals surface area contributed by atoms with E-state index in [-0.39, 0.29) is 5.84 Å². The highest BCUT2D eigenvalue weighted by Gasteiger charge is 2.12. The van der Waals surface area contributed by atoms with Crippen LogP contribution in [0.4, 0.5) is 0 Å². The molecule has 2 N–H and O–H groups in total. The van der Waals surface area contributed by atoms with Crippen LogP contribution in [0.2, 0.25) is 0 Å². The van der Waals surface area contributed by atoms with Crippen LogP contribution in [0.25, 0.3) is 21.8 Å². The first kappa shape index (κ1) is 15.7. The van der Waals surface area contributed by atoms with Crippen molar-refractivity contribution >= 4 is 27.6 Å². The third kappa shape index (κ3) is 2.54. The first-order valence-electron chi connectivity index (χ1n) is 8.17. The SMILES string of the molecule is N#Cc1ccc(Cn2c3ccccc3c3cc(C(=N)N=N)ccc32)cc1. The summed E-state index contributed by atoms with van der Waals surface area (Å²) in [5, 5.41) is 22.2. The molecule has 0 unspecified atom stereocenters. The topological polar surface area (TPSA) is 88.8 Å². The second-order valence-electron chi connectivity index (χ2n) is 6.10. The van der Waals surface area contributed by atoms with Gasteiger partial charge in [-0.15, -0.1) is 5.11 Å². The molecule has 0 aliphatic carbocycles. The summed E-state index contributed by atoms with van der Waals surface area (Å²) in [6.07, 6.45) is 0. The molecule has 0 fully saturated rings. The Balaban J connectivity index is 1.90. The molecule has 1 heterocycles. The summed E-state index contributed by atoms with van der Waals surface area (Å²) in [5.41, 5.74) is 11.7. The monoisotopic (exact) mass is 337 g/mol. The molecule has 5 nitrogen and oxygen atoms in total. The van der Waals surface area contributed by atoms with E-state index in [1.54, 1.807) is 0 Å². The van der Waals surface area contributed by atoms with Crippen molar-refractivity contribution in [2.45, 2.75) is 6.54 Å². The standard InChI is InChI=1S/C21H15N5/c22-12-14-5-7-15(8-6-14)13-26-19-4-2-1-3-17(19)18-11-16(21(23)25-24)9-10-20(18)26/h1-11,23-24H,13H2. The minimum absolute atomic E-state index is 0.0455. The molecule has 0 saturated carbocycles. The average Bonchev–Trinajstić information content (AvgIpc) is 3.01. The van der Waals surface area contributed by atoms with E-state index in [9.17, 15) is 0 Å². The maximum atomic E-state index is 8.97. The quantitative estimate of drug-likeness (QED) is 0.305. The molecular formula is C21H15N5. The fourth-order valence-corrected chi connectivity index (χ4v) is 3.30. The number of para-hydroxylation sites is 1. The summed E-state index contributed by atoms with van der Waals surface area (Å²) in [7, 11) is 0. The molecule has 0 aliphatic rings. The molecular weight excluding hydrogens is 322 g/mol. The van der Waals surface area contributed by atoms with Gasteiger partial charge in [-0.3, -0.25) is 5.41 Å². The minimum atomic E-state index is -0.0455. The fraction of sp³-hybridized carbons (Fsp3) is 0.0476. The zero-order chi connectivity index (χ0) is 18.1. The Hall–Kier alpha value is -3.78. The van der Waals surface area contributed by atoms with Crippen molar-refractivity contribution in [3.05, 3.63) is 83.4 Å². The predicted molar refractivity (Wildman–Crippen MR) is 102 cm³/mol. The zero-order valence-electron chi connectivity index (χ0n) is 13.9. The van der Waals surface area contributed by atoms with Crippen LogP contribution in [0, 0.1) is 22.3 Å². The Morgan fingerprint density at radius 3 is 2.42 bits per heavy atom. The van der Waals surface area contributed by atoms with Crippen LogP contribution in [-0.2, 0) is 6.54 Å². The second kappa shape index (κ2) is 6.26. The third-order valence-corrected chi connectivity index (χ3v) is 4.58. The first-order chi connectivity index (χ1) is 12.7. The molecule has 0 spiro atoms. The van der Waals surface area contributed by atoms with E-state index in [4.69, 9.17) is 16.2 Å². The predicted octanol–water partition coefficient (Wildman–Crippen LogP) is 5.07. The molecule has 3 aromatic carbocycles. The van der Waals surface area contributed by atoms with Crippen LogP contribution >= 0.6 is 0 Å². The van der Waals surface area contributed by atoms with Crippen molar-refractivity contribution in [1.29, 1.82) is 16.2 Å². The Kier molecular flexibility index (Phi) is 3.79. The van der Waals surface area contributed by atoms with Crippen molar-refractivity contribution in [2.75, 3.05) is 0 Å².